The molecule has 1 unspecified atom stereocenters. The first kappa shape index (κ1) is 14.8. The Morgan fingerprint density at radius 1 is 1.50 bits per heavy atom. The fourth-order valence-electron chi connectivity index (χ4n) is 2.48. The van der Waals surface area contributed by atoms with E-state index in [1.165, 1.54) is 16.3 Å². The minimum atomic E-state index is -1.42. The number of aromatic nitrogens is 1. The molecule has 0 aliphatic carbocycles. The first-order valence-electron chi connectivity index (χ1n) is 6.51. The van der Waals surface area contributed by atoms with Crippen LogP contribution in [0.4, 0.5) is 8.78 Å². The van der Waals surface area contributed by atoms with Crippen molar-refractivity contribution in [3.63, 3.8) is 0 Å². The molecule has 2 aromatic rings. The Hall–Kier alpha value is -2.09. The fraction of sp³-hybridized carbons (Fsp3) is 0.286. The summed E-state index contributed by atoms with van der Waals surface area (Å²) in [6.07, 6.45) is 0. The Morgan fingerprint density at radius 3 is 2.77 bits per heavy atom. The molecular weight excluding hydrogens is 316 g/mol. The van der Waals surface area contributed by atoms with Crippen LogP contribution in [0.25, 0.3) is 10.9 Å². The predicted molar refractivity (Wildman–Crippen MR) is 76.3 cm³/mol. The van der Waals surface area contributed by atoms with Gasteiger partial charge in [-0.3, -0.25) is 4.79 Å². The number of pyridine rings is 1. The maximum absolute atomic E-state index is 13.6. The maximum atomic E-state index is 13.6. The molecule has 8 heteroatoms. The van der Waals surface area contributed by atoms with Crippen molar-refractivity contribution in [3.8, 4) is 5.75 Å². The summed E-state index contributed by atoms with van der Waals surface area (Å²) in [4.78, 5) is 24.4. The van der Waals surface area contributed by atoms with E-state index in [4.69, 9.17) is 4.74 Å². The number of ether oxygens (including phenoxy) is 1. The van der Waals surface area contributed by atoms with Crippen LogP contribution in [-0.4, -0.2) is 22.2 Å². The predicted octanol–water partition coefficient (Wildman–Crippen LogP) is 2.79. The van der Waals surface area contributed by atoms with Gasteiger partial charge in [0.1, 0.15) is 5.56 Å². The van der Waals surface area contributed by atoms with Gasteiger partial charge in [0.2, 0.25) is 11.2 Å². The molecule has 0 saturated heterocycles. The number of carbonyl (C=O) groups is 1. The van der Waals surface area contributed by atoms with Crippen molar-refractivity contribution in [3.05, 3.63) is 33.5 Å². The molecule has 0 radical (unpaired) electrons. The molecule has 22 heavy (non-hydrogen) atoms. The number of halogens is 2. The molecule has 0 amide bonds. The summed E-state index contributed by atoms with van der Waals surface area (Å²) in [5.41, 5.74) is -1.12. The van der Waals surface area contributed by atoms with Crippen LogP contribution in [0, 0.1) is 11.6 Å². The SMILES string of the molecule is CCOC(=O)c1c2n(c3c(O)c(F)c(F)cc3c1=O)C(C)S2. The monoisotopic (exact) mass is 327 g/mol. The van der Waals surface area contributed by atoms with Gasteiger partial charge in [-0.1, -0.05) is 11.8 Å². The van der Waals surface area contributed by atoms with Gasteiger partial charge in [-0.25, -0.2) is 9.18 Å². The second kappa shape index (κ2) is 4.98. The second-order valence-electron chi connectivity index (χ2n) is 4.73. The van der Waals surface area contributed by atoms with Crippen molar-refractivity contribution < 1.29 is 23.4 Å². The van der Waals surface area contributed by atoms with Crippen LogP contribution in [0.1, 0.15) is 29.6 Å². The highest BCUT2D eigenvalue weighted by Crippen LogP contribution is 2.48. The molecule has 0 fully saturated rings. The summed E-state index contributed by atoms with van der Waals surface area (Å²) in [5.74, 6) is -4.52. The lowest BCUT2D eigenvalue weighted by Crippen LogP contribution is -2.29. The van der Waals surface area contributed by atoms with Gasteiger partial charge in [0.15, 0.2) is 11.6 Å². The van der Waals surface area contributed by atoms with Crippen molar-refractivity contribution in [2.45, 2.75) is 24.2 Å². The molecule has 1 aliphatic rings. The van der Waals surface area contributed by atoms with Crippen LogP contribution >= 0.6 is 11.8 Å². The van der Waals surface area contributed by atoms with Gasteiger partial charge in [-0.05, 0) is 19.9 Å². The average Bonchev–Trinajstić information content (AvgIpc) is 2.46. The number of hydrogen-bond acceptors (Lipinski definition) is 5. The van der Waals surface area contributed by atoms with E-state index >= 15 is 0 Å². The van der Waals surface area contributed by atoms with Crippen LogP contribution in [0.3, 0.4) is 0 Å². The third kappa shape index (κ3) is 1.83. The first-order valence-corrected chi connectivity index (χ1v) is 7.39. The highest BCUT2D eigenvalue weighted by Gasteiger charge is 2.35. The number of phenols is 1. The second-order valence-corrected chi connectivity index (χ2v) is 6.04. The Labute approximate surface area is 127 Å². The van der Waals surface area contributed by atoms with E-state index < -0.39 is 28.8 Å². The van der Waals surface area contributed by atoms with Gasteiger partial charge in [-0.15, -0.1) is 0 Å². The minimum absolute atomic E-state index is 0.0823. The largest absolute Gasteiger partial charge is 0.503 e. The molecule has 5 nitrogen and oxygen atoms in total. The zero-order valence-corrected chi connectivity index (χ0v) is 12.5. The Balaban J connectivity index is 2.46. The smallest absolute Gasteiger partial charge is 0.344 e. The Bertz CT molecular complexity index is 878. The Morgan fingerprint density at radius 2 is 2.18 bits per heavy atom. The van der Waals surface area contributed by atoms with Crippen molar-refractivity contribution in [1.82, 2.24) is 4.57 Å². The van der Waals surface area contributed by atoms with Gasteiger partial charge in [-0.2, -0.15) is 4.39 Å². The molecule has 1 N–H and O–H groups in total. The average molecular weight is 327 g/mol. The van der Waals surface area contributed by atoms with E-state index in [0.29, 0.717) is 6.07 Å². The molecule has 0 spiro atoms. The van der Waals surface area contributed by atoms with E-state index in [0.717, 1.165) is 0 Å². The van der Waals surface area contributed by atoms with E-state index in [1.54, 1.807) is 13.8 Å². The number of rotatable bonds is 2. The summed E-state index contributed by atoms with van der Waals surface area (Å²) in [5, 5.41) is 9.65. The van der Waals surface area contributed by atoms with E-state index in [-0.39, 0.29) is 33.5 Å². The zero-order valence-electron chi connectivity index (χ0n) is 11.6. The number of phenolic OH excluding ortho intramolecular Hbond substituents is 1. The summed E-state index contributed by atoms with van der Waals surface area (Å²) in [7, 11) is 0. The molecule has 1 aromatic carbocycles. The summed E-state index contributed by atoms with van der Waals surface area (Å²) in [6, 6.07) is 0.693. The summed E-state index contributed by atoms with van der Waals surface area (Å²) < 4.78 is 33.4. The minimum Gasteiger partial charge on any atom is -0.503 e. The number of benzene rings is 1. The molecule has 116 valence electrons. The quantitative estimate of drug-likeness (QED) is 0.859. The lowest BCUT2D eigenvalue weighted by atomic mass is 10.1. The van der Waals surface area contributed by atoms with Crippen LogP contribution < -0.4 is 5.43 Å². The molecule has 1 aromatic heterocycles. The van der Waals surface area contributed by atoms with Crippen molar-refractivity contribution in [1.29, 1.82) is 0 Å². The Kier molecular flexibility index (Phi) is 3.36. The van der Waals surface area contributed by atoms with Gasteiger partial charge in [0.05, 0.1) is 27.9 Å². The number of carbonyl (C=O) groups excluding carboxylic acids is 1. The van der Waals surface area contributed by atoms with Crippen LogP contribution in [0.2, 0.25) is 0 Å². The van der Waals surface area contributed by atoms with Crippen LogP contribution in [0.5, 0.6) is 5.75 Å². The van der Waals surface area contributed by atoms with Crippen molar-refractivity contribution in [2.24, 2.45) is 0 Å². The maximum Gasteiger partial charge on any atom is 0.344 e. The van der Waals surface area contributed by atoms with Crippen molar-refractivity contribution >= 4 is 28.6 Å². The van der Waals surface area contributed by atoms with Crippen LogP contribution in [0.15, 0.2) is 15.9 Å². The molecular formula is C14H11F2NO4S. The number of nitrogens with zero attached hydrogens (tertiary/aromatic N) is 1. The number of aromatic hydroxyl groups is 1. The molecule has 3 rings (SSSR count). The zero-order chi connectivity index (χ0) is 16.2. The number of fused-ring (bicyclic) bond motifs is 3. The number of thioether (sulfide) groups is 1. The van der Waals surface area contributed by atoms with Crippen LogP contribution in [-0.2, 0) is 4.74 Å². The lowest BCUT2D eigenvalue weighted by molar-refractivity contribution is 0.0518. The van der Waals surface area contributed by atoms with Crippen molar-refractivity contribution in [2.75, 3.05) is 6.61 Å². The molecule has 0 saturated carbocycles. The molecule has 1 aliphatic heterocycles. The van der Waals surface area contributed by atoms with Gasteiger partial charge in [0.25, 0.3) is 0 Å². The lowest BCUT2D eigenvalue weighted by Gasteiger charge is -2.33. The standard InChI is InChI=1S/C14H11F2NO4S/c1-3-21-14(20)8-11(18)6-4-7(15)9(16)12(19)10(6)17-5(2)22-13(8)17/h4-5,19H,3H2,1-2H3. The highest BCUT2D eigenvalue weighted by atomic mass is 32.2. The summed E-state index contributed by atoms with van der Waals surface area (Å²) >= 11 is 1.22. The van der Waals surface area contributed by atoms with Gasteiger partial charge in [0, 0.05) is 0 Å². The topological polar surface area (TPSA) is 68.5 Å². The van der Waals surface area contributed by atoms with E-state index in [9.17, 15) is 23.5 Å². The fourth-order valence-corrected chi connectivity index (χ4v) is 3.62. The highest BCUT2D eigenvalue weighted by molar-refractivity contribution is 8.00. The number of hydrogen-bond donors (Lipinski definition) is 1. The van der Waals surface area contributed by atoms with Gasteiger partial charge >= 0.3 is 5.97 Å². The van der Waals surface area contributed by atoms with E-state index in [1.807, 2.05) is 0 Å². The third-order valence-electron chi connectivity index (χ3n) is 3.44. The first-order chi connectivity index (χ1) is 10.4. The number of esters is 1. The van der Waals surface area contributed by atoms with Gasteiger partial charge < -0.3 is 14.4 Å². The summed E-state index contributed by atoms with van der Waals surface area (Å²) in [6.45, 7) is 3.43. The molecule has 0 bridgehead atoms. The molecule has 1 atom stereocenters. The normalized spacial score (nSPS) is 16.3. The third-order valence-corrected chi connectivity index (χ3v) is 4.61. The molecule has 2 heterocycles. The van der Waals surface area contributed by atoms with E-state index in [2.05, 4.69) is 0 Å².